The first-order chi connectivity index (χ1) is 4.25. The Balaban J connectivity index is 2.44. The van der Waals surface area contributed by atoms with Crippen LogP contribution in [0.5, 0.6) is 0 Å². The van der Waals surface area contributed by atoms with Crippen LogP contribution < -0.4 is 5.73 Å². The van der Waals surface area contributed by atoms with Crippen LogP contribution in [0.25, 0.3) is 0 Å². The van der Waals surface area contributed by atoms with E-state index >= 15 is 0 Å². The minimum absolute atomic E-state index is 0.0810. The van der Waals surface area contributed by atoms with Crippen molar-refractivity contribution >= 4 is 12.2 Å². The van der Waals surface area contributed by atoms with Crippen LogP contribution in [0.15, 0.2) is 0 Å². The number of carbonyl (C=O) groups excluding carboxylic acids is 2. The topological polar surface area (TPSA) is 60.2 Å². The maximum absolute atomic E-state index is 10.4. The van der Waals surface area contributed by atoms with E-state index in [9.17, 15) is 9.59 Å². The monoisotopic (exact) mass is 127 g/mol. The second kappa shape index (κ2) is 2.17. The van der Waals surface area contributed by atoms with Crippen molar-refractivity contribution in [3.63, 3.8) is 0 Å². The van der Waals surface area contributed by atoms with Crippen molar-refractivity contribution in [3.8, 4) is 0 Å². The summed E-state index contributed by atoms with van der Waals surface area (Å²) in [6.07, 6.45) is 2.44. The van der Waals surface area contributed by atoms with Gasteiger partial charge in [0.25, 0.3) is 0 Å². The van der Waals surface area contributed by atoms with Crippen LogP contribution in [-0.2, 0) is 9.59 Å². The Morgan fingerprint density at radius 1 is 1.56 bits per heavy atom. The highest BCUT2D eigenvalue weighted by Crippen LogP contribution is 2.31. The van der Waals surface area contributed by atoms with E-state index in [-0.39, 0.29) is 17.7 Å². The van der Waals surface area contributed by atoms with Crippen LogP contribution in [0.2, 0.25) is 0 Å². The van der Waals surface area contributed by atoms with Crippen molar-refractivity contribution in [1.29, 1.82) is 0 Å². The molecule has 0 unspecified atom stereocenters. The van der Waals surface area contributed by atoms with Crippen LogP contribution in [0.1, 0.15) is 12.8 Å². The summed E-state index contributed by atoms with van der Waals surface area (Å²) in [5.74, 6) is -0.580. The van der Waals surface area contributed by atoms with E-state index < -0.39 is 0 Å². The molecule has 0 aromatic heterocycles. The normalized spacial score (nSPS) is 32.9. The van der Waals surface area contributed by atoms with Gasteiger partial charge in [0.15, 0.2) is 0 Å². The zero-order valence-corrected chi connectivity index (χ0v) is 5.04. The number of aldehydes is 1. The summed E-state index contributed by atoms with van der Waals surface area (Å²) in [5, 5.41) is 0. The van der Waals surface area contributed by atoms with Crippen molar-refractivity contribution in [3.05, 3.63) is 0 Å². The van der Waals surface area contributed by atoms with E-state index in [1.807, 2.05) is 0 Å². The summed E-state index contributed by atoms with van der Waals surface area (Å²) >= 11 is 0. The van der Waals surface area contributed by atoms with Gasteiger partial charge >= 0.3 is 0 Å². The van der Waals surface area contributed by atoms with Crippen molar-refractivity contribution in [2.24, 2.45) is 17.6 Å². The highest BCUT2D eigenvalue weighted by atomic mass is 16.1. The summed E-state index contributed by atoms with van der Waals surface area (Å²) in [6.45, 7) is 0. The van der Waals surface area contributed by atoms with Gasteiger partial charge in [-0.2, -0.15) is 0 Å². The number of hydrogen-bond acceptors (Lipinski definition) is 2. The van der Waals surface area contributed by atoms with Gasteiger partial charge in [0.1, 0.15) is 6.29 Å². The third-order valence-electron chi connectivity index (χ3n) is 1.87. The minimum atomic E-state index is -0.335. The first-order valence-electron chi connectivity index (χ1n) is 3.00. The molecule has 1 aliphatic carbocycles. The van der Waals surface area contributed by atoms with E-state index in [0.717, 1.165) is 19.1 Å². The maximum atomic E-state index is 10.4. The molecule has 1 aliphatic rings. The number of amides is 1. The molecule has 2 N–H and O–H groups in total. The molecule has 0 radical (unpaired) electrons. The number of hydrogen-bond donors (Lipinski definition) is 1. The first-order valence-corrected chi connectivity index (χ1v) is 3.00. The fourth-order valence-electron chi connectivity index (χ4n) is 1.04. The summed E-state index contributed by atoms with van der Waals surface area (Å²) in [4.78, 5) is 20.5. The molecule has 1 fully saturated rings. The number of rotatable bonds is 2. The molecule has 1 rings (SSSR count). The van der Waals surface area contributed by atoms with Gasteiger partial charge in [0, 0.05) is 11.8 Å². The largest absolute Gasteiger partial charge is 0.369 e. The average molecular weight is 127 g/mol. The van der Waals surface area contributed by atoms with Crippen molar-refractivity contribution < 1.29 is 9.59 Å². The summed E-state index contributed by atoms with van der Waals surface area (Å²) < 4.78 is 0. The van der Waals surface area contributed by atoms with Gasteiger partial charge in [-0.05, 0) is 12.8 Å². The van der Waals surface area contributed by atoms with E-state index in [0.29, 0.717) is 0 Å². The Morgan fingerprint density at radius 3 is 2.33 bits per heavy atom. The summed E-state index contributed by atoms with van der Waals surface area (Å²) in [5.41, 5.74) is 4.97. The number of primary amides is 1. The summed E-state index contributed by atoms with van der Waals surface area (Å²) in [7, 11) is 0. The van der Waals surface area contributed by atoms with Crippen LogP contribution in [0, 0.1) is 11.8 Å². The Hall–Kier alpha value is -0.860. The molecule has 9 heavy (non-hydrogen) atoms. The van der Waals surface area contributed by atoms with E-state index in [4.69, 9.17) is 5.73 Å². The third-order valence-corrected chi connectivity index (χ3v) is 1.87. The number of nitrogens with two attached hydrogens (primary N) is 1. The second-order valence-corrected chi connectivity index (χ2v) is 2.39. The molecule has 2 atom stereocenters. The molecule has 0 saturated heterocycles. The fraction of sp³-hybridized carbons (Fsp3) is 0.667. The lowest BCUT2D eigenvalue weighted by atomic mass is 9.74. The van der Waals surface area contributed by atoms with E-state index in [1.54, 1.807) is 0 Å². The second-order valence-electron chi connectivity index (χ2n) is 2.39. The molecule has 0 aliphatic heterocycles. The van der Waals surface area contributed by atoms with Crippen molar-refractivity contribution in [1.82, 2.24) is 0 Å². The Bertz CT molecular complexity index is 144. The van der Waals surface area contributed by atoms with Gasteiger partial charge in [-0.1, -0.05) is 0 Å². The van der Waals surface area contributed by atoms with Gasteiger partial charge in [0.2, 0.25) is 5.91 Å². The Kier molecular flexibility index (Phi) is 1.51. The zero-order chi connectivity index (χ0) is 6.85. The molecule has 0 spiro atoms. The van der Waals surface area contributed by atoms with Crippen LogP contribution in [0.3, 0.4) is 0 Å². The predicted molar refractivity (Wildman–Crippen MR) is 31.5 cm³/mol. The average Bonchev–Trinajstić information content (AvgIpc) is 1.61. The molecule has 0 heterocycles. The van der Waals surface area contributed by atoms with E-state index in [1.165, 1.54) is 0 Å². The molecule has 0 aromatic carbocycles. The van der Waals surface area contributed by atoms with Crippen molar-refractivity contribution in [2.75, 3.05) is 0 Å². The van der Waals surface area contributed by atoms with Crippen LogP contribution in [0.4, 0.5) is 0 Å². The molecule has 1 amide bonds. The maximum Gasteiger partial charge on any atom is 0.221 e. The molecule has 0 aromatic rings. The lowest BCUT2D eigenvalue weighted by Crippen LogP contribution is -2.38. The Labute approximate surface area is 53.2 Å². The Morgan fingerprint density at radius 2 is 2.22 bits per heavy atom. The molecule has 50 valence electrons. The zero-order valence-electron chi connectivity index (χ0n) is 5.04. The van der Waals surface area contributed by atoms with Gasteiger partial charge in [-0.25, -0.2) is 0 Å². The highest BCUT2D eigenvalue weighted by Gasteiger charge is 2.34. The lowest BCUT2D eigenvalue weighted by Gasteiger charge is -2.29. The molecule has 1 saturated carbocycles. The fourth-order valence-corrected chi connectivity index (χ4v) is 1.04. The van der Waals surface area contributed by atoms with Gasteiger partial charge in [-0.15, -0.1) is 0 Å². The molecular weight excluding hydrogens is 118 g/mol. The highest BCUT2D eigenvalue weighted by molar-refractivity contribution is 5.81. The smallest absolute Gasteiger partial charge is 0.221 e. The summed E-state index contributed by atoms with van der Waals surface area (Å²) in [6, 6.07) is 0. The SMILES string of the molecule is NC(=O)[C@@H]1CC[C@H]1C=O. The van der Waals surface area contributed by atoms with E-state index in [2.05, 4.69) is 0 Å². The standard InChI is InChI=1S/C6H9NO2/c7-6(9)5-2-1-4(5)3-8/h3-5H,1-2H2,(H2,7,9)/t4-,5+/m0/s1. The van der Waals surface area contributed by atoms with Gasteiger partial charge in [0.05, 0.1) is 0 Å². The third kappa shape index (κ3) is 0.943. The molecule has 3 nitrogen and oxygen atoms in total. The van der Waals surface area contributed by atoms with Crippen molar-refractivity contribution in [2.45, 2.75) is 12.8 Å². The molecule has 0 bridgehead atoms. The predicted octanol–water partition coefficient (Wildman–Crippen LogP) is -0.303. The lowest BCUT2D eigenvalue weighted by molar-refractivity contribution is -0.131. The molecule has 3 heteroatoms. The minimum Gasteiger partial charge on any atom is -0.369 e. The molecular formula is C6H9NO2. The number of carbonyl (C=O) groups is 2. The quantitative estimate of drug-likeness (QED) is 0.517. The van der Waals surface area contributed by atoms with Gasteiger partial charge in [-0.3, -0.25) is 4.79 Å². The van der Waals surface area contributed by atoms with Gasteiger partial charge < -0.3 is 10.5 Å². The van der Waals surface area contributed by atoms with Crippen LogP contribution >= 0.6 is 0 Å². The van der Waals surface area contributed by atoms with Crippen LogP contribution in [-0.4, -0.2) is 12.2 Å². The first kappa shape index (κ1) is 6.26.